The van der Waals surface area contributed by atoms with E-state index in [1.807, 2.05) is 0 Å². The van der Waals surface area contributed by atoms with Crippen LogP contribution in [0.2, 0.25) is 0 Å². The Bertz CT molecular complexity index is 222. The van der Waals surface area contributed by atoms with E-state index >= 15 is 0 Å². The summed E-state index contributed by atoms with van der Waals surface area (Å²) >= 11 is 0. The van der Waals surface area contributed by atoms with Gasteiger partial charge in [0.05, 0.1) is 6.61 Å². The van der Waals surface area contributed by atoms with Gasteiger partial charge in [-0.1, -0.05) is 0 Å². The Morgan fingerprint density at radius 3 is 2.53 bits per heavy atom. The number of carbonyl (C=O) groups excluding carboxylic acids is 2. The molecule has 17 heavy (non-hydrogen) atoms. The lowest BCUT2D eigenvalue weighted by Gasteiger charge is -2.05. The first-order valence-corrected chi connectivity index (χ1v) is 5.74. The molecule has 0 heterocycles. The Balaban J connectivity index is 3.13. The van der Waals surface area contributed by atoms with E-state index in [-0.39, 0.29) is 18.4 Å². The summed E-state index contributed by atoms with van der Waals surface area (Å²) < 4.78 is 9.95. The fraction of sp³-hybridized carbons (Fsp3) is 0.818. The highest BCUT2D eigenvalue weighted by Crippen LogP contribution is 1.95. The molecule has 0 aromatic carbocycles. The number of hydrogen-bond acceptors (Lipinski definition) is 4. The monoisotopic (exact) mass is 246 g/mol. The van der Waals surface area contributed by atoms with Crippen LogP contribution in [-0.4, -0.2) is 52.3 Å². The van der Waals surface area contributed by atoms with Gasteiger partial charge >= 0.3 is 0 Å². The van der Waals surface area contributed by atoms with Gasteiger partial charge in [0.15, 0.2) is 0 Å². The smallest absolute Gasteiger partial charge is 0.246 e. The first-order chi connectivity index (χ1) is 8.20. The molecule has 6 heteroatoms. The molecule has 0 unspecified atom stereocenters. The van der Waals surface area contributed by atoms with E-state index in [0.29, 0.717) is 26.2 Å². The van der Waals surface area contributed by atoms with Crippen molar-refractivity contribution in [2.45, 2.75) is 19.3 Å². The SMILES string of the molecule is CNC(=O)CCCCOCCNC(=O)COC. The zero-order valence-electron chi connectivity index (χ0n) is 10.6. The average molecular weight is 246 g/mol. The zero-order chi connectivity index (χ0) is 12.9. The maximum Gasteiger partial charge on any atom is 0.246 e. The average Bonchev–Trinajstić information content (AvgIpc) is 2.32. The van der Waals surface area contributed by atoms with Gasteiger partial charge in [-0.25, -0.2) is 0 Å². The molecular formula is C11H22N2O4. The molecule has 0 aromatic heterocycles. The molecule has 2 N–H and O–H groups in total. The minimum Gasteiger partial charge on any atom is -0.380 e. The Labute approximate surface area is 102 Å². The highest BCUT2D eigenvalue weighted by Gasteiger charge is 1.99. The Morgan fingerprint density at radius 1 is 1.12 bits per heavy atom. The second kappa shape index (κ2) is 11.3. The quantitative estimate of drug-likeness (QED) is 0.518. The summed E-state index contributed by atoms with van der Waals surface area (Å²) in [5.74, 6) is -0.0902. The third-order valence-electron chi connectivity index (χ3n) is 2.07. The highest BCUT2D eigenvalue weighted by molar-refractivity contribution is 5.77. The number of nitrogens with one attached hydrogen (secondary N) is 2. The lowest BCUT2D eigenvalue weighted by atomic mass is 10.2. The van der Waals surface area contributed by atoms with Crippen LogP contribution in [0.5, 0.6) is 0 Å². The van der Waals surface area contributed by atoms with Crippen LogP contribution in [0.1, 0.15) is 19.3 Å². The van der Waals surface area contributed by atoms with Gasteiger partial charge < -0.3 is 20.1 Å². The van der Waals surface area contributed by atoms with Crippen molar-refractivity contribution in [1.82, 2.24) is 10.6 Å². The molecule has 0 aliphatic rings. The zero-order valence-corrected chi connectivity index (χ0v) is 10.6. The summed E-state index contributed by atoms with van der Waals surface area (Å²) in [5.41, 5.74) is 0. The van der Waals surface area contributed by atoms with E-state index in [2.05, 4.69) is 15.4 Å². The number of amides is 2. The third-order valence-corrected chi connectivity index (χ3v) is 2.07. The maximum atomic E-state index is 11.0. The fourth-order valence-electron chi connectivity index (χ4n) is 1.16. The van der Waals surface area contributed by atoms with Gasteiger partial charge in [0.2, 0.25) is 11.8 Å². The number of hydrogen-bond donors (Lipinski definition) is 2. The summed E-state index contributed by atoms with van der Waals surface area (Å²) in [6, 6.07) is 0. The van der Waals surface area contributed by atoms with Crippen molar-refractivity contribution in [3.05, 3.63) is 0 Å². The van der Waals surface area contributed by atoms with Crippen molar-refractivity contribution in [1.29, 1.82) is 0 Å². The lowest BCUT2D eigenvalue weighted by Crippen LogP contribution is -2.30. The van der Waals surface area contributed by atoms with Crippen LogP contribution >= 0.6 is 0 Å². The van der Waals surface area contributed by atoms with Crippen molar-refractivity contribution in [2.24, 2.45) is 0 Å². The number of rotatable bonds is 10. The maximum absolute atomic E-state index is 11.0. The van der Waals surface area contributed by atoms with E-state index < -0.39 is 0 Å². The summed E-state index contributed by atoms with van der Waals surface area (Å²) in [4.78, 5) is 21.8. The van der Waals surface area contributed by atoms with E-state index in [1.165, 1.54) is 7.11 Å². The predicted octanol–water partition coefficient (Wildman–Crippen LogP) is -0.318. The van der Waals surface area contributed by atoms with E-state index in [0.717, 1.165) is 12.8 Å². The van der Waals surface area contributed by atoms with Crippen molar-refractivity contribution in [3.63, 3.8) is 0 Å². The van der Waals surface area contributed by atoms with Crippen LogP contribution in [0.15, 0.2) is 0 Å². The molecule has 6 nitrogen and oxygen atoms in total. The first-order valence-electron chi connectivity index (χ1n) is 5.74. The van der Waals surface area contributed by atoms with Crippen LogP contribution < -0.4 is 10.6 Å². The van der Waals surface area contributed by atoms with Gasteiger partial charge in [0.1, 0.15) is 6.61 Å². The summed E-state index contributed by atoms with van der Waals surface area (Å²) in [5, 5.41) is 5.21. The van der Waals surface area contributed by atoms with Gasteiger partial charge in [-0.3, -0.25) is 9.59 Å². The van der Waals surface area contributed by atoms with E-state index in [9.17, 15) is 9.59 Å². The van der Waals surface area contributed by atoms with Crippen molar-refractivity contribution >= 4 is 11.8 Å². The van der Waals surface area contributed by atoms with E-state index in [4.69, 9.17) is 4.74 Å². The fourth-order valence-corrected chi connectivity index (χ4v) is 1.16. The minimum atomic E-state index is -0.143. The minimum absolute atomic E-state index is 0.0526. The standard InChI is InChI=1S/C11H22N2O4/c1-12-10(14)5-3-4-7-17-8-6-13-11(15)9-16-2/h3-9H2,1-2H3,(H,12,14)(H,13,15). The van der Waals surface area contributed by atoms with E-state index in [1.54, 1.807) is 7.05 Å². The second-order valence-corrected chi connectivity index (χ2v) is 3.53. The summed E-state index contributed by atoms with van der Waals surface area (Å²) in [6.45, 7) is 1.65. The Hall–Kier alpha value is -1.14. The Morgan fingerprint density at radius 2 is 1.88 bits per heavy atom. The molecule has 0 saturated heterocycles. The van der Waals surface area contributed by atoms with Crippen LogP contribution in [0.4, 0.5) is 0 Å². The normalized spacial score (nSPS) is 10.0. The molecule has 0 saturated carbocycles. The molecular weight excluding hydrogens is 224 g/mol. The van der Waals surface area contributed by atoms with Crippen molar-refractivity contribution in [3.8, 4) is 0 Å². The lowest BCUT2D eigenvalue weighted by molar-refractivity contribution is -0.125. The Kier molecular flexibility index (Phi) is 10.6. The molecule has 0 fully saturated rings. The van der Waals surface area contributed by atoms with Crippen LogP contribution in [0.25, 0.3) is 0 Å². The topological polar surface area (TPSA) is 76.7 Å². The molecule has 0 rings (SSSR count). The first kappa shape index (κ1) is 15.9. The van der Waals surface area contributed by atoms with Crippen LogP contribution in [-0.2, 0) is 19.1 Å². The molecule has 0 aromatic rings. The van der Waals surface area contributed by atoms with Gasteiger partial charge in [-0.05, 0) is 12.8 Å². The predicted molar refractivity (Wildman–Crippen MR) is 63.6 cm³/mol. The van der Waals surface area contributed by atoms with Gasteiger partial charge in [0, 0.05) is 33.7 Å². The highest BCUT2D eigenvalue weighted by atomic mass is 16.5. The molecule has 100 valence electrons. The number of unbranched alkanes of at least 4 members (excludes halogenated alkanes) is 1. The molecule has 2 amide bonds. The molecule has 0 radical (unpaired) electrons. The van der Waals surface area contributed by atoms with Crippen LogP contribution in [0.3, 0.4) is 0 Å². The summed E-state index contributed by atoms with van der Waals surface area (Å²) in [7, 11) is 3.10. The van der Waals surface area contributed by atoms with Gasteiger partial charge in [-0.15, -0.1) is 0 Å². The molecule has 0 aliphatic carbocycles. The molecule has 0 bridgehead atoms. The van der Waals surface area contributed by atoms with Crippen LogP contribution in [0, 0.1) is 0 Å². The molecule has 0 atom stereocenters. The largest absolute Gasteiger partial charge is 0.380 e. The molecule has 0 aliphatic heterocycles. The van der Waals surface area contributed by atoms with Crippen molar-refractivity contribution < 1.29 is 19.1 Å². The number of ether oxygens (including phenoxy) is 2. The van der Waals surface area contributed by atoms with Gasteiger partial charge in [0.25, 0.3) is 0 Å². The third kappa shape index (κ3) is 11.1. The summed E-state index contributed by atoms with van der Waals surface area (Å²) in [6.07, 6.45) is 2.19. The molecule has 0 spiro atoms. The van der Waals surface area contributed by atoms with Gasteiger partial charge in [-0.2, -0.15) is 0 Å². The number of methoxy groups -OCH3 is 1. The number of carbonyl (C=O) groups is 2. The van der Waals surface area contributed by atoms with Crippen molar-refractivity contribution in [2.75, 3.05) is 40.5 Å². The second-order valence-electron chi connectivity index (χ2n) is 3.53.